The third-order valence-electron chi connectivity index (χ3n) is 2.08. The molecule has 1 rings (SSSR count). The summed E-state index contributed by atoms with van der Waals surface area (Å²) in [5.41, 5.74) is 0.415. The van der Waals surface area contributed by atoms with Crippen LogP contribution in [0.25, 0.3) is 0 Å². The minimum atomic E-state index is -0.373. The quantitative estimate of drug-likeness (QED) is 0.724. The molecule has 1 aromatic heterocycles. The first-order chi connectivity index (χ1) is 6.19. The number of H-pyrrole nitrogens is 1. The molecule has 0 aromatic carbocycles. The van der Waals surface area contributed by atoms with Crippen LogP contribution in [0.1, 0.15) is 42.5 Å². The standard InChI is InChI=1S/C9H14N2O2/c1-4-6(2)8-10-5-7(11-8)9(12)13-3/h5-6H,4H2,1-3H3,(H,10,11)/t6-/m0/s1. The first-order valence-electron chi connectivity index (χ1n) is 4.32. The van der Waals surface area contributed by atoms with Crippen LogP contribution < -0.4 is 0 Å². The summed E-state index contributed by atoms with van der Waals surface area (Å²) in [5.74, 6) is 0.809. The van der Waals surface area contributed by atoms with Crippen molar-refractivity contribution in [3.8, 4) is 0 Å². The molecule has 4 heteroatoms. The Morgan fingerprint density at radius 3 is 3.00 bits per heavy atom. The highest BCUT2D eigenvalue weighted by Crippen LogP contribution is 2.14. The molecule has 1 atom stereocenters. The molecule has 4 nitrogen and oxygen atoms in total. The molecule has 0 spiro atoms. The molecule has 72 valence electrons. The van der Waals surface area contributed by atoms with Crippen LogP contribution in [0.2, 0.25) is 0 Å². The average molecular weight is 182 g/mol. The number of nitrogens with one attached hydrogen (secondary N) is 1. The van der Waals surface area contributed by atoms with Crippen molar-refractivity contribution >= 4 is 5.97 Å². The number of nitrogens with zero attached hydrogens (tertiary/aromatic N) is 1. The maximum Gasteiger partial charge on any atom is 0.356 e. The van der Waals surface area contributed by atoms with Gasteiger partial charge in [-0.25, -0.2) is 9.78 Å². The van der Waals surface area contributed by atoms with Gasteiger partial charge < -0.3 is 9.72 Å². The molecule has 0 saturated heterocycles. The van der Waals surface area contributed by atoms with Crippen LogP contribution in [0.4, 0.5) is 0 Å². The van der Waals surface area contributed by atoms with Crippen LogP contribution in [0.5, 0.6) is 0 Å². The maximum atomic E-state index is 11.0. The van der Waals surface area contributed by atoms with Crippen molar-refractivity contribution in [2.45, 2.75) is 26.2 Å². The van der Waals surface area contributed by atoms with Crippen molar-refractivity contribution in [1.82, 2.24) is 9.97 Å². The smallest absolute Gasteiger partial charge is 0.356 e. The van der Waals surface area contributed by atoms with E-state index in [1.165, 1.54) is 13.3 Å². The van der Waals surface area contributed by atoms with Crippen LogP contribution in [-0.4, -0.2) is 23.0 Å². The maximum absolute atomic E-state index is 11.0. The monoisotopic (exact) mass is 182 g/mol. The van der Waals surface area contributed by atoms with Gasteiger partial charge in [-0.15, -0.1) is 0 Å². The second-order valence-electron chi connectivity index (χ2n) is 2.98. The van der Waals surface area contributed by atoms with Crippen LogP contribution >= 0.6 is 0 Å². The van der Waals surface area contributed by atoms with Crippen LogP contribution in [0, 0.1) is 0 Å². The number of aromatic nitrogens is 2. The largest absolute Gasteiger partial charge is 0.464 e. The number of methoxy groups -OCH3 is 1. The Labute approximate surface area is 77.3 Å². The molecule has 0 radical (unpaired) electrons. The van der Waals surface area contributed by atoms with E-state index in [1.807, 2.05) is 0 Å². The van der Waals surface area contributed by atoms with Crippen molar-refractivity contribution < 1.29 is 9.53 Å². The van der Waals surface area contributed by atoms with E-state index in [9.17, 15) is 4.79 Å². The number of hydrogen-bond donors (Lipinski definition) is 1. The third kappa shape index (κ3) is 2.08. The van der Waals surface area contributed by atoms with Gasteiger partial charge in [0.15, 0.2) is 0 Å². The Bertz CT molecular complexity index is 294. The van der Waals surface area contributed by atoms with Gasteiger partial charge in [0.2, 0.25) is 0 Å². The van der Waals surface area contributed by atoms with E-state index in [0.29, 0.717) is 11.6 Å². The van der Waals surface area contributed by atoms with Gasteiger partial charge in [-0.1, -0.05) is 13.8 Å². The number of carbonyl (C=O) groups is 1. The van der Waals surface area contributed by atoms with Crippen LogP contribution in [-0.2, 0) is 4.74 Å². The molecule has 0 unspecified atom stereocenters. The van der Waals surface area contributed by atoms with Crippen molar-refractivity contribution in [3.05, 3.63) is 17.7 Å². The molecule has 1 heterocycles. The first-order valence-corrected chi connectivity index (χ1v) is 4.32. The Hall–Kier alpha value is -1.32. The minimum Gasteiger partial charge on any atom is -0.464 e. The number of aromatic amines is 1. The lowest BCUT2D eigenvalue weighted by Gasteiger charge is -2.02. The summed E-state index contributed by atoms with van der Waals surface area (Å²) in [6, 6.07) is 0. The van der Waals surface area contributed by atoms with Gasteiger partial charge >= 0.3 is 5.97 Å². The lowest BCUT2D eigenvalue weighted by atomic mass is 10.1. The second kappa shape index (κ2) is 4.07. The molecule has 0 fully saturated rings. The normalized spacial score (nSPS) is 12.5. The fourth-order valence-corrected chi connectivity index (χ4v) is 0.994. The summed E-state index contributed by atoms with van der Waals surface area (Å²) in [7, 11) is 1.35. The SMILES string of the molecule is CC[C@H](C)c1ncc(C(=O)OC)[nH]1. The highest BCUT2D eigenvalue weighted by Gasteiger charge is 2.12. The van der Waals surface area contributed by atoms with E-state index in [4.69, 9.17) is 0 Å². The highest BCUT2D eigenvalue weighted by molar-refractivity contribution is 5.86. The zero-order chi connectivity index (χ0) is 9.84. The molecule has 1 N–H and O–H groups in total. The number of ether oxygens (including phenoxy) is 1. The van der Waals surface area contributed by atoms with E-state index in [-0.39, 0.29) is 5.97 Å². The lowest BCUT2D eigenvalue weighted by molar-refractivity contribution is 0.0594. The summed E-state index contributed by atoms with van der Waals surface area (Å²) >= 11 is 0. The highest BCUT2D eigenvalue weighted by atomic mass is 16.5. The van der Waals surface area contributed by atoms with Gasteiger partial charge in [-0.2, -0.15) is 0 Å². The molecule has 0 amide bonds. The topological polar surface area (TPSA) is 55.0 Å². The number of rotatable bonds is 3. The summed E-state index contributed by atoms with van der Waals surface area (Å²) in [4.78, 5) is 18.1. The van der Waals surface area contributed by atoms with Gasteiger partial charge in [0.25, 0.3) is 0 Å². The molecule has 1 aromatic rings. The Kier molecular flexibility index (Phi) is 3.06. The number of hydrogen-bond acceptors (Lipinski definition) is 3. The zero-order valence-corrected chi connectivity index (χ0v) is 8.13. The van der Waals surface area contributed by atoms with Crippen molar-refractivity contribution in [3.63, 3.8) is 0 Å². The van der Waals surface area contributed by atoms with Crippen molar-refractivity contribution in [2.24, 2.45) is 0 Å². The zero-order valence-electron chi connectivity index (χ0n) is 8.13. The van der Waals surface area contributed by atoms with E-state index < -0.39 is 0 Å². The number of imidazole rings is 1. The number of carbonyl (C=O) groups excluding carboxylic acids is 1. The predicted molar refractivity (Wildman–Crippen MR) is 48.6 cm³/mol. The lowest BCUT2D eigenvalue weighted by Crippen LogP contribution is -2.02. The van der Waals surface area contributed by atoms with E-state index >= 15 is 0 Å². The molecule has 0 bridgehead atoms. The minimum absolute atomic E-state index is 0.346. The van der Waals surface area contributed by atoms with Gasteiger partial charge in [-0.3, -0.25) is 0 Å². The summed E-state index contributed by atoms with van der Waals surface area (Å²) < 4.78 is 4.55. The molecular weight excluding hydrogens is 168 g/mol. The fourth-order valence-electron chi connectivity index (χ4n) is 0.994. The number of esters is 1. The van der Waals surface area contributed by atoms with Crippen LogP contribution in [0.3, 0.4) is 0 Å². The van der Waals surface area contributed by atoms with E-state index in [1.54, 1.807) is 0 Å². The molecule has 0 aliphatic carbocycles. The van der Waals surface area contributed by atoms with Gasteiger partial charge in [-0.05, 0) is 6.42 Å². The molecule has 13 heavy (non-hydrogen) atoms. The Morgan fingerprint density at radius 2 is 2.46 bits per heavy atom. The summed E-state index contributed by atoms with van der Waals surface area (Å²) in [5, 5.41) is 0. The molecular formula is C9H14N2O2. The third-order valence-corrected chi connectivity index (χ3v) is 2.08. The van der Waals surface area contributed by atoms with E-state index in [0.717, 1.165) is 12.2 Å². The Morgan fingerprint density at radius 1 is 1.77 bits per heavy atom. The van der Waals surface area contributed by atoms with Crippen molar-refractivity contribution in [2.75, 3.05) is 7.11 Å². The second-order valence-corrected chi connectivity index (χ2v) is 2.98. The Balaban J connectivity index is 2.80. The summed E-state index contributed by atoms with van der Waals surface area (Å²) in [6.45, 7) is 4.13. The molecule has 0 aliphatic rings. The van der Waals surface area contributed by atoms with Gasteiger partial charge in [0.1, 0.15) is 11.5 Å². The van der Waals surface area contributed by atoms with Gasteiger partial charge in [0, 0.05) is 5.92 Å². The summed E-state index contributed by atoms with van der Waals surface area (Å²) in [6.07, 6.45) is 2.50. The fraction of sp³-hybridized carbons (Fsp3) is 0.556. The average Bonchev–Trinajstić information content (AvgIpc) is 2.64. The van der Waals surface area contributed by atoms with E-state index in [2.05, 4.69) is 28.6 Å². The molecule has 0 aliphatic heterocycles. The van der Waals surface area contributed by atoms with Gasteiger partial charge in [0.05, 0.1) is 13.3 Å². The first kappa shape index (κ1) is 9.77. The van der Waals surface area contributed by atoms with Crippen molar-refractivity contribution in [1.29, 1.82) is 0 Å². The molecule has 0 saturated carbocycles. The van der Waals surface area contributed by atoms with Crippen LogP contribution in [0.15, 0.2) is 6.20 Å². The predicted octanol–water partition coefficient (Wildman–Crippen LogP) is 1.71.